The molecule has 2 aromatic rings. The zero-order valence-electron chi connectivity index (χ0n) is 15.9. The molecule has 0 aliphatic rings. The van der Waals surface area contributed by atoms with Crippen molar-refractivity contribution in [2.75, 3.05) is 19.0 Å². The van der Waals surface area contributed by atoms with Gasteiger partial charge in [-0.25, -0.2) is 5.43 Å². The van der Waals surface area contributed by atoms with Crippen LogP contribution in [0.5, 0.6) is 11.5 Å². The number of nitrogens with zero attached hydrogens (tertiary/aromatic N) is 1. The highest BCUT2D eigenvalue weighted by molar-refractivity contribution is 6.31. The number of hydrogen-bond donors (Lipinski definition) is 2. The summed E-state index contributed by atoms with van der Waals surface area (Å²) in [5, 5.41) is 7.22. The van der Waals surface area contributed by atoms with E-state index in [1.165, 1.54) is 0 Å². The molecule has 0 heterocycles. The molecule has 0 saturated carbocycles. The highest BCUT2D eigenvalue weighted by Crippen LogP contribution is 2.20. The average Bonchev–Trinajstić information content (AvgIpc) is 2.68. The summed E-state index contributed by atoms with van der Waals surface area (Å²) >= 11 is 6.04. The molecule has 2 aromatic carbocycles. The van der Waals surface area contributed by atoms with Crippen LogP contribution in [0.4, 0.5) is 5.69 Å². The summed E-state index contributed by atoms with van der Waals surface area (Å²) in [5.74, 6) is 0.543. The van der Waals surface area contributed by atoms with Crippen LogP contribution in [0.15, 0.2) is 47.6 Å². The van der Waals surface area contributed by atoms with Crippen molar-refractivity contribution in [2.24, 2.45) is 5.10 Å². The summed E-state index contributed by atoms with van der Waals surface area (Å²) < 4.78 is 10.4. The fourth-order valence-corrected chi connectivity index (χ4v) is 2.34. The highest BCUT2D eigenvalue weighted by atomic mass is 35.5. The highest BCUT2D eigenvalue weighted by Gasteiger charge is 2.07. The van der Waals surface area contributed by atoms with Crippen molar-refractivity contribution in [1.29, 1.82) is 0 Å². The van der Waals surface area contributed by atoms with Gasteiger partial charge in [-0.2, -0.15) is 5.10 Å². The van der Waals surface area contributed by atoms with E-state index in [1.807, 2.05) is 13.0 Å². The van der Waals surface area contributed by atoms with Crippen LogP contribution in [0.25, 0.3) is 0 Å². The lowest BCUT2D eigenvalue weighted by Crippen LogP contribution is -2.26. The molecule has 148 valence electrons. The second kappa shape index (κ2) is 10.3. The molecule has 8 heteroatoms. The Bertz CT molecular complexity index is 866. The van der Waals surface area contributed by atoms with E-state index in [2.05, 4.69) is 15.8 Å². The minimum absolute atomic E-state index is 0.0328. The Kier molecular flexibility index (Phi) is 7.83. The lowest BCUT2D eigenvalue weighted by Gasteiger charge is -2.08. The second-order valence-corrected chi connectivity index (χ2v) is 6.44. The van der Waals surface area contributed by atoms with Gasteiger partial charge in [-0.15, -0.1) is 0 Å². The third-order valence-corrected chi connectivity index (χ3v) is 4.08. The van der Waals surface area contributed by atoms with Crippen molar-refractivity contribution >= 4 is 34.8 Å². The molecule has 0 aliphatic carbocycles. The Morgan fingerprint density at radius 1 is 1.07 bits per heavy atom. The van der Waals surface area contributed by atoms with Gasteiger partial charge in [0.05, 0.1) is 13.5 Å². The van der Waals surface area contributed by atoms with Crippen LogP contribution in [-0.4, -0.2) is 31.2 Å². The van der Waals surface area contributed by atoms with Crippen molar-refractivity contribution in [1.82, 2.24) is 5.43 Å². The van der Waals surface area contributed by atoms with E-state index < -0.39 is 5.91 Å². The maximum Gasteiger partial charge on any atom is 0.277 e. The molecule has 0 saturated heterocycles. The number of amides is 2. The third-order valence-electron chi connectivity index (χ3n) is 3.67. The van der Waals surface area contributed by atoms with Gasteiger partial charge in [0.25, 0.3) is 5.91 Å². The van der Waals surface area contributed by atoms with E-state index >= 15 is 0 Å². The molecule has 0 aromatic heterocycles. The zero-order valence-corrected chi connectivity index (χ0v) is 16.7. The molecular formula is C20H22ClN3O4. The van der Waals surface area contributed by atoms with Crippen molar-refractivity contribution in [3.05, 3.63) is 53.1 Å². The van der Waals surface area contributed by atoms with Crippen LogP contribution < -0.4 is 20.2 Å². The molecule has 0 fully saturated rings. The maximum atomic E-state index is 12.0. The minimum Gasteiger partial charge on any atom is -0.497 e. The third kappa shape index (κ3) is 6.92. The topological polar surface area (TPSA) is 89.0 Å². The number of aryl methyl sites for hydroxylation is 1. The first-order valence-electron chi connectivity index (χ1n) is 8.52. The number of anilines is 1. The van der Waals surface area contributed by atoms with Gasteiger partial charge < -0.3 is 14.8 Å². The molecule has 0 spiro atoms. The standard InChI is InChI=1S/C20H22ClN3O4/c1-13-4-5-15(11-18(13)21)22-19(25)10-14(2)23-24-20(26)12-28-17-8-6-16(27-3)7-9-17/h4-9,11H,10,12H2,1-3H3,(H,22,25)(H,24,26)/b23-14+. The molecule has 7 nitrogen and oxygen atoms in total. The van der Waals surface area contributed by atoms with Gasteiger partial charge >= 0.3 is 0 Å². The van der Waals surface area contributed by atoms with Crippen molar-refractivity contribution < 1.29 is 19.1 Å². The van der Waals surface area contributed by atoms with Crippen LogP contribution in [0.3, 0.4) is 0 Å². The second-order valence-electron chi connectivity index (χ2n) is 6.04. The van der Waals surface area contributed by atoms with E-state index in [0.29, 0.717) is 27.9 Å². The number of hydrazone groups is 1. The van der Waals surface area contributed by atoms with Crippen molar-refractivity contribution in [2.45, 2.75) is 20.3 Å². The van der Waals surface area contributed by atoms with Crippen LogP contribution in [0.1, 0.15) is 18.9 Å². The monoisotopic (exact) mass is 403 g/mol. The molecule has 0 aliphatic heterocycles. The molecule has 28 heavy (non-hydrogen) atoms. The summed E-state index contributed by atoms with van der Waals surface area (Å²) in [4.78, 5) is 23.9. The molecule has 2 N–H and O–H groups in total. The summed E-state index contributed by atoms with van der Waals surface area (Å²) in [5.41, 5.74) is 4.34. The summed E-state index contributed by atoms with van der Waals surface area (Å²) in [6, 6.07) is 12.1. The number of hydrogen-bond acceptors (Lipinski definition) is 5. The molecule has 0 bridgehead atoms. The number of nitrogens with one attached hydrogen (secondary N) is 2. The molecule has 2 amide bonds. The number of carbonyl (C=O) groups is 2. The quantitative estimate of drug-likeness (QED) is 0.521. The van der Waals surface area contributed by atoms with Crippen LogP contribution in [0.2, 0.25) is 5.02 Å². The van der Waals surface area contributed by atoms with E-state index in [-0.39, 0.29) is 18.9 Å². The first-order valence-corrected chi connectivity index (χ1v) is 8.90. The Hall–Kier alpha value is -3.06. The van der Waals surface area contributed by atoms with Gasteiger partial charge in [0, 0.05) is 16.4 Å². The predicted molar refractivity (Wildman–Crippen MR) is 109 cm³/mol. The predicted octanol–water partition coefficient (Wildman–Crippen LogP) is 3.56. The summed E-state index contributed by atoms with van der Waals surface area (Å²) in [7, 11) is 1.57. The SMILES string of the molecule is COc1ccc(OCC(=O)N/N=C(\C)CC(=O)Nc2ccc(C)c(Cl)c2)cc1. The van der Waals surface area contributed by atoms with Crippen LogP contribution in [-0.2, 0) is 9.59 Å². The first-order chi connectivity index (χ1) is 13.4. The number of ether oxygens (including phenoxy) is 2. The number of halogens is 1. The summed E-state index contributed by atoms with van der Waals surface area (Å²) in [6.45, 7) is 3.33. The number of rotatable bonds is 8. The van der Waals surface area contributed by atoms with Gasteiger partial charge in [-0.3, -0.25) is 9.59 Å². The largest absolute Gasteiger partial charge is 0.497 e. The molecule has 0 radical (unpaired) electrons. The number of carbonyl (C=O) groups excluding carboxylic acids is 2. The Balaban J connectivity index is 1.76. The number of methoxy groups -OCH3 is 1. The lowest BCUT2D eigenvalue weighted by molar-refractivity contribution is -0.123. The van der Waals surface area contributed by atoms with Gasteiger partial charge in [0.2, 0.25) is 5.91 Å². The van der Waals surface area contributed by atoms with E-state index in [9.17, 15) is 9.59 Å². The van der Waals surface area contributed by atoms with Gasteiger partial charge in [0.15, 0.2) is 6.61 Å². The van der Waals surface area contributed by atoms with Crippen LogP contribution >= 0.6 is 11.6 Å². The Morgan fingerprint density at radius 3 is 2.39 bits per heavy atom. The molecule has 2 rings (SSSR count). The van der Waals surface area contributed by atoms with Crippen LogP contribution in [0, 0.1) is 6.92 Å². The number of benzene rings is 2. The normalized spacial score (nSPS) is 10.9. The van der Waals surface area contributed by atoms with Gasteiger partial charge in [-0.1, -0.05) is 17.7 Å². The lowest BCUT2D eigenvalue weighted by atomic mass is 10.2. The van der Waals surface area contributed by atoms with E-state index in [4.69, 9.17) is 21.1 Å². The fourth-order valence-electron chi connectivity index (χ4n) is 2.16. The minimum atomic E-state index is -0.430. The van der Waals surface area contributed by atoms with E-state index in [0.717, 1.165) is 5.56 Å². The maximum absolute atomic E-state index is 12.0. The average molecular weight is 404 g/mol. The Labute approximate surface area is 168 Å². The summed E-state index contributed by atoms with van der Waals surface area (Å²) in [6.07, 6.45) is 0.0328. The van der Waals surface area contributed by atoms with Gasteiger partial charge in [0.1, 0.15) is 11.5 Å². The first kappa shape index (κ1) is 21.2. The fraction of sp³-hybridized carbons (Fsp3) is 0.250. The zero-order chi connectivity index (χ0) is 20.5. The van der Waals surface area contributed by atoms with Crippen molar-refractivity contribution in [3.63, 3.8) is 0 Å². The molecule has 0 unspecified atom stereocenters. The smallest absolute Gasteiger partial charge is 0.277 e. The van der Waals surface area contributed by atoms with Gasteiger partial charge in [-0.05, 0) is 55.8 Å². The molecular weight excluding hydrogens is 382 g/mol. The van der Waals surface area contributed by atoms with E-state index in [1.54, 1.807) is 50.4 Å². The molecule has 0 atom stereocenters. The van der Waals surface area contributed by atoms with Crippen molar-refractivity contribution in [3.8, 4) is 11.5 Å². The Morgan fingerprint density at radius 2 is 1.75 bits per heavy atom.